The number of nitrogens with zero attached hydrogens (tertiary/aromatic N) is 1. The predicted molar refractivity (Wildman–Crippen MR) is 70.8 cm³/mol. The third kappa shape index (κ3) is 3.76. The van der Waals surface area contributed by atoms with E-state index in [0.29, 0.717) is 13.1 Å². The van der Waals surface area contributed by atoms with E-state index >= 15 is 0 Å². The molecule has 0 aliphatic carbocycles. The van der Waals surface area contributed by atoms with Crippen molar-refractivity contribution in [1.29, 1.82) is 0 Å². The van der Waals surface area contributed by atoms with Gasteiger partial charge in [-0.15, -0.1) is 4.99 Å². The van der Waals surface area contributed by atoms with Crippen molar-refractivity contribution in [3.63, 3.8) is 0 Å². The minimum atomic E-state index is -0.992. The molecule has 1 saturated heterocycles. The van der Waals surface area contributed by atoms with E-state index < -0.39 is 10.8 Å². The molecule has 0 bridgehead atoms. The van der Waals surface area contributed by atoms with Gasteiger partial charge in [-0.05, 0) is 24.3 Å². The first-order valence-electron chi connectivity index (χ1n) is 5.85. The molecule has 1 aromatic carbocycles. The standard InChI is InChI=1S/C12H16N2O4S/c1-9(15)13-7-11-8-14(18-17-11)10-3-5-12(6-4-10)19(2)16/h3-6,11H,7-8H2,1-2H3,(H,13,15). The van der Waals surface area contributed by atoms with Gasteiger partial charge < -0.3 is 5.32 Å². The van der Waals surface area contributed by atoms with Gasteiger partial charge in [0, 0.05) is 35.4 Å². The summed E-state index contributed by atoms with van der Waals surface area (Å²) in [6, 6.07) is 7.22. The van der Waals surface area contributed by atoms with Crippen LogP contribution in [0.1, 0.15) is 6.92 Å². The van der Waals surface area contributed by atoms with E-state index in [2.05, 4.69) is 5.32 Å². The summed E-state index contributed by atoms with van der Waals surface area (Å²) in [4.78, 5) is 21.8. The van der Waals surface area contributed by atoms with Crippen LogP contribution in [0.3, 0.4) is 0 Å². The van der Waals surface area contributed by atoms with Crippen molar-refractivity contribution in [2.45, 2.75) is 17.9 Å². The number of amides is 1. The summed E-state index contributed by atoms with van der Waals surface area (Å²) in [5, 5.41) is 4.26. The van der Waals surface area contributed by atoms with Crippen LogP contribution in [0.5, 0.6) is 0 Å². The molecule has 1 amide bonds. The fourth-order valence-corrected chi connectivity index (χ4v) is 2.19. The molecule has 6 nitrogen and oxygen atoms in total. The molecule has 0 spiro atoms. The first kappa shape index (κ1) is 14.0. The Labute approximate surface area is 114 Å². The topological polar surface area (TPSA) is 67.9 Å². The van der Waals surface area contributed by atoms with Crippen molar-refractivity contribution in [3.05, 3.63) is 24.3 Å². The number of rotatable bonds is 4. The molecule has 1 fully saturated rings. The van der Waals surface area contributed by atoms with Crippen molar-refractivity contribution in [2.75, 3.05) is 24.4 Å². The van der Waals surface area contributed by atoms with Crippen LogP contribution in [-0.4, -0.2) is 35.6 Å². The van der Waals surface area contributed by atoms with E-state index in [4.69, 9.17) is 9.88 Å². The van der Waals surface area contributed by atoms with E-state index in [0.717, 1.165) is 10.6 Å². The third-order valence-corrected chi connectivity index (χ3v) is 3.61. The summed E-state index contributed by atoms with van der Waals surface area (Å²) in [5.41, 5.74) is 0.819. The number of carbonyl (C=O) groups is 1. The summed E-state index contributed by atoms with van der Waals surface area (Å²) < 4.78 is 11.3. The van der Waals surface area contributed by atoms with E-state index in [1.54, 1.807) is 23.5 Å². The molecular weight excluding hydrogens is 268 g/mol. The van der Waals surface area contributed by atoms with Gasteiger partial charge in [-0.25, -0.2) is 9.95 Å². The van der Waals surface area contributed by atoms with Gasteiger partial charge in [0.15, 0.2) is 0 Å². The SMILES string of the molecule is CC(=O)NCC1CN(c2ccc(S(C)=O)cc2)OO1. The van der Waals surface area contributed by atoms with Crippen LogP contribution in [0, 0.1) is 0 Å². The summed E-state index contributed by atoms with van der Waals surface area (Å²) in [6.07, 6.45) is 1.43. The summed E-state index contributed by atoms with van der Waals surface area (Å²) in [7, 11) is -0.992. The maximum Gasteiger partial charge on any atom is 0.216 e. The molecule has 0 radical (unpaired) electrons. The van der Waals surface area contributed by atoms with Crippen LogP contribution in [0.2, 0.25) is 0 Å². The van der Waals surface area contributed by atoms with Gasteiger partial charge in [-0.2, -0.15) is 0 Å². The molecule has 7 heteroatoms. The Morgan fingerprint density at radius 3 is 2.74 bits per heavy atom. The number of hydroxylamine groups is 1. The highest BCUT2D eigenvalue weighted by Crippen LogP contribution is 2.21. The summed E-state index contributed by atoms with van der Waals surface area (Å²) in [6.45, 7) is 2.38. The third-order valence-electron chi connectivity index (χ3n) is 2.67. The molecule has 2 unspecified atom stereocenters. The van der Waals surface area contributed by atoms with E-state index in [1.165, 1.54) is 6.92 Å². The lowest BCUT2D eigenvalue weighted by Gasteiger charge is -2.13. The van der Waals surface area contributed by atoms with E-state index in [1.807, 2.05) is 12.1 Å². The van der Waals surface area contributed by atoms with Gasteiger partial charge >= 0.3 is 0 Å². The minimum Gasteiger partial charge on any atom is -0.354 e. The molecule has 1 N–H and O–H groups in total. The predicted octanol–water partition coefficient (Wildman–Crippen LogP) is 0.612. The lowest BCUT2D eigenvalue weighted by molar-refractivity contribution is -0.281. The maximum absolute atomic E-state index is 11.3. The van der Waals surface area contributed by atoms with Gasteiger partial charge in [0.25, 0.3) is 0 Å². The molecule has 1 aliphatic rings. The fraction of sp³-hybridized carbons (Fsp3) is 0.417. The van der Waals surface area contributed by atoms with Crippen molar-refractivity contribution >= 4 is 22.4 Å². The molecule has 0 saturated carbocycles. The molecule has 1 aliphatic heterocycles. The fourth-order valence-electron chi connectivity index (χ4n) is 1.67. The van der Waals surface area contributed by atoms with Crippen molar-refractivity contribution < 1.29 is 18.9 Å². The largest absolute Gasteiger partial charge is 0.354 e. The molecule has 0 aromatic heterocycles. The molecule has 2 atom stereocenters. The van der Waals surface area contributed by atoms with Gasteiger partial charge in [0.1, 0.15) is 6.10 Å². The molecular formula is C12H16N2O4S. The molecule has 1 heterocycles. The Kier molecular flexibility index (Phi) is 4.52. The zero-order valence-corrected chi connectivity index (χ0v) is 11.6. The minimum absolute atomic E-state index is 0.100. The highest BCUT2D eigenvalue weighted by atomic mass is 32.2. The monoisotopic (exact) mass is 284 g/mol. The van der Waals surface area contributed by atoms with Gasteiger partial charge in [0.05, 0.1) is 12.2 Å². The maximum atomic E-state index is 11.3. The van der Waals surface area contributed by atoms with Gasteiger partial charge in [-0.1, -0.05) is 0 Å². The number of anilines is 1. The quantitative estimate of drug-likeness (QED) is 0.821. The van der Waals surface area contributed by atoms with E-state index in [9.17, 15) is 9.00 Å². The lowest BCUT2D eigenvalue weighted by atomic mass is 10.3. The number of hydrogen-bond donors (Lipinski definition) is 1. The molecule has 2 rings (SSSR count). The first-order valence-corrected chi connectivity index (χ1v) is 7.41. The first-order chi connectivity index (χ1) is 9.06. The van der Waals surface area contributed by atoms with Crippen LogP contribution >= 0.6 is 0 Å². The van der Waals surface area contributed by atoms with Gasteiger partial charge in [-0.3, -0.25) is 9.00 Å². The smallest absolute Gasteiger partial charge is 0.216 e. The van der Waals surface area contributed by atoms with Crippen LogP contribution in [-0.2, 0) is 25.5 Å². The Bertz CT molecular complexity index is 477. The van der Waals surface area contributed by atoms with Crippen LogP contribution in [0.4, 0.5) is 5.69 Å². The zero-order valence-electron chi connectivity index (χ0n) is 10.8. The van der Waals surface area contributed by atoms with Crippen LogP contribution in [0.15, 0.2) is 29.2 Å². The zero-order chi connectivity index (χ0) is 13.8. The van der Waals surface area contributed by atoms with Gasteiger partial charge in [0.2, 0.25) is 5.91 Å². The average Bonchev–Trinajstić information content (AvgIpc) is 2.85. The number of nitrogens with one attached hydrogen (secondary N) is 1. The van der Waals surface area contributed by atoms with Crippen molar-refractivity contribution in [2.24, 2.45) is 0 Å². The number of carbonyl (C=O) groups excluding carboxylic acids is 1. The highest BCUT2D eigenvalue weighted by molar-refractivity contribution is 7.84. The second-order valence-electron chi connectivity index (χ2n) is 4.24. The van der Waals surface area contributed by atoms with E-state index in [-0.39, 0.29) is 12.0 Å². The van der Waals surface area contributed by atoms with Crippen LogP contribution in [0.25, 0.3) is 0 Å². The number of hydrogen-bond acceptors (Lipinski definition) is 5. The Hall–Kier alpha value is -1.44. The second-order valence-corrected chi connectivity index (χ2v) is 5.62. The normalized spacial score (nSPS) is 20.3. The summed E-state index contributed by atoms with van der Waals surface area (Å²) >= 11 is 0. The second kappa shape index (κ2) is 6.14. The molecule has 104 valence electrons. The Morgan fingerprint density at radius 2 is 2.16 bits per heavy atom. The Balaban J connectivity index is 1.93. The Morgan fingerprint density at radius 1 is 1.47 bits per heavy atom. The highest BCUT2D eigenvalue weighted by Gasteiger charge is 2.26. The lowest BCUT2D eigenvalue weighted by Crippen LogP contribution is -2.33. The number of benzene rings is 1. The van der Waals surface area contributed by atoms with Crippen molar-refractivity contribution in [1.82, 2.24) is 5.32 Å². The average molecular weight is 284 g/mol. The molecule has 1 aromatic rings. The van der Waals surface area contributed by atoms with Crippen LogP contribution < -0.4 is 10.4 Å². The molecule has 19 heavy (non-hydrogen) atoms. The summed E-state index contributed by atoms with van der Waals surface area (Å²) in [5.74, 6) is -0.100. The van der Waals surface area contributed by atoms with Crippen molar-refractivity contribution in [3.8, 4) is 0 Å².